The first-order valence-electron chi connectivity index (χ1n) is 5.42. The zero-order valence-corrected chi connectivity index (χ0v) is 9.77. The van der Waals surface area contributed by atoms with Gasteiger partial charge in [-0.1, -0.05) is 23.8 Å². The van der Waals surface area contributed by atoms with E-state index in [2.05, 4.69) is 10.3 Å². The summed E-state index contributed by atoms with van der Waals surface area (Å²) in [6.07, 6.45) is 1.68. The fourth-order valence-electron chi connectivity index (χ4n) is 1.68. The van der Waals surface area contributed by atoms with E-state index in [9.17, 15) is 4.79 Å². The van der Waals surface area contributed by atoms with Crippen LogP contribution in [0.2, 0.25) is 0 Å². The molecule has 1 aromatic carbocycles. The minimum atomic E-state index is -0.893. The number of pyridine rings is 1. The highest BCUT2D eigenvalue weighted by Crippen LogP contribution is 2.22. The topological polar surface area (TPSA) is 62.2 Å². The Morgan fingerprint density at radius 3 is 2.88 bits per heavy atom. The van der Waals surface area contributed by atoms with Gasteiger partial charge in [-0.3, -0.25) is 4.79 Å². The number of benzene rings is 1. The fraction of sp³-hybridized carbons (Fsp3) is 0.231. The normalized spacial score (nSPS) is 12.4. The number of carboxylic acid groups (broad SMARTS) is 1. The highest BCUT2D eigenvalue weighted by Gasteiger charge is 2.12. The van der Waals surface area contributed by atoms with Crippen LogP contribution in [0.25, 0.3) is 10.8 Å². The third kappa shape index (κ3) is 2.36. The zero-order chi connectivity index (χ0) is 12.4. The zero-order valence-electron chi connectivity index (χ0n) is 9.77. The quantitative estimate of drug-likeness (QED) is 0.850. The molecule has 4 heteroatoms. The highest BCUT2D eigenvalue weighted by atomic mass is 16.4. The van der Waals surface area contributed by atoms with Gasteiger partial charge in [-0.15, -0.1) is 0 Å². The number of hydrogen-bond acceptors (Lipinski definition) is 3. The summed E-state index contributed by atoms with van der Waals surface area (Å²) in [6, 6.07) is 7.25. The Morgan fingerprint density at radius 2 is 2.18 bits per heavy atom. The predicted octanol–water partition coefficient (Wildman–Crippen LogP) is 2.43. The van der Waals surface area contributed by atoms with E-state index >= 15 is 0 Å². The van der Waals surface area contributed by atoms with Crippen molar-refractivity contribution in [1.82, 2.24) is 4.98 Å². The van der Waals surface area contributed by atoms with Gasteiger partial charge in [0, 0.05) is 11.6 Å². The van der Waals surface area contributed by atoms with Crippen LogP contribution >= 0.6 is 0 Å². The molecule has 0 aliphatic carbocycles. The highest BCUT2D eigenvalue weighted by molar-refractivity contribution is 5.93. The van der Waals surface area contributed by atoms with Crippen LogP contribution in [-0.2, 0) is 4.79 Å². The van der Waals surface area contributed by atoms with E-state index in [-0.39, 0.29) is 0 Å². The molecule has 0 spiro atoms. The monoisotopic (exact) mass is 230 g/mol. The summed E-state index contributed by atoms with van der Waals surface area (Å²) in [6.45, 7) is 3.61. The minimum Gasteiger partial charge on any atom is -0.480 e. The van der Waals surface area contributed by atoms with Gasteiger partial charge in [0.15, 0.2) is 0 Å². The summed E-state index contributed by atoms with van der Waals surface area (Å²) in [5, 5.41) is 13.8. The fourth-order valence-corrected chi connectivity index (χ4v) is 1.68. The Morgan fingerprint density at radius 1 is 1.41 bits per heavy atom. The third-order valence-electron chi connectivity index (χ3n) is 2.64. The van der Waals surface area contributed by atoms with E-state index in [0.29, 0.717) is 5.82 Å². The smallest absolute Gasteiger partial charge is 0.325 e. The Labute approximate surface area is 99.3 Å². The standard InChI is InChI=1S/C13H14N2O2/c1-8-3-4-11-10(7-8)5-6-14-12(11)15-9(2)13(16)17/h3-7,9H,1-2H3,(H,14,15)(H,16,17). The molecular weight excluding hydrogens is 216 g/mol. The molecule has 0 radical (unpaired) electrons. The minimum absolute atomic E-state index is 0.609. The second-order valence-electron chi connectivity index (χ2n) is 4.09. The maximum atomic E-state index is 10.8. The van der Waals surface area contributed by atoms with Gasteiger partial charge in [0.05, 0.1) is 0 Å². The Kier molecular flexibility index (Phi) is 2.95. The largest absolute Gasteiger partial charge is 0.480 e. The Bertz CT molecular complexity index is 566. The molecule has 2 aromatic rings. The summed E-state index contributed by atoms with van der Waals surface area (Å²) in [7, 11) is 0. The lowest BCUT2D eigenvalue weighted by molar-refractivity contribution is -0.137. The lowest BCUT2D eigenvalue weighted by Gasteiger charge is -2.12. The van der Waals surface area contributed by atoms with Crippen LogP contribution in [0, 0.1) is 6.92 Å². The molecule has 0 amide bonds. The van der Waals surface area contributed by atoms with Crippen molar-refractivity contribution in [2.45, 2.75) is 19.9 Å². The SMILES string of the molecule is Cc1ccc2c(NC(C)C(=O)O)nccc2c1. The summed E-state index contributed by atoms with van der Waals surface area (Å²) >= 11 is 0. The lowest BCUT2D eigenvalue weighted by Crippen LogP contribution is -2.25. The number of aromatic nitrogens is 1. The molecular formula is C13H14N2O2. The van der Waals surface area contributed by atoms with Crippen molar-refractivity contribution in [3.05, 3.63) is 36.0 Å². The number of carboxylic acids is 1. The Hall–Kier alpha value is -2.10. The molecule has 2 rings (SSSR count). The number of hydrogen-bond donors (Lipinski definition) is 2. The molecule has 1 unspecified atom stereocenters. The van der Waals surface area contributed by atoms with Gasteiger partial charge in [-0.25, -0.2) is 4.98 Å². The molecule has 0 saturated carbocycles. The van der Waals surface area contributed by atoms with Crippen LogP contribution < -0.4 is 5.32 Å². The lowest BCUT2D eigenvalue weighted by atomic mass is 10.1. The maximum absolute atomic E-state index is 10.8. The number of rotatable bonds is 3. The molecule has 1 atom stereocenters. The van der Waals surface area contributed by atoms with Gasteiger partial charge in [0.1, 0.15) is 11.9 Å². The number of carbonyl (C=O) groups is 1. The van der Waals surface area contributed by atoms with Crippen LogP contribution in [0.5, 0.6) is 0 Å². The third-order valence-corrected chi connectivity index (χ3v) is 2.64. The predicted molar refractivity (Wildman–Crippen MR) is 67.2 cm³/mol. The number of fused-ring (bicyclic) bond motifs is 1. The molecule has 0 aliphatic heterocycles. The van der Waals surface area contributed by atoms with Crippen LogP contribution in [0.4, 0.5) is 5.82 Å². The summed E-state index contributed by atoms with van der Waals surface area (Å²) in [5.74, 6) is -0.284. The molecule has 0 bridgehead atoms. The van der Waals surface area contributed by atoms with E-state index in [1.807, 2.05) is 31.2 Å². The Balaban J connectivity index is 2.44. The molecule has 88 valence electrons. The average molecular weight is 230 g/mol. The second kappa shape index (κ2) is 4.41. The van der Waals surface area contributed by atoms with Crippen LogP contribution in [0.1, 0.15) is 12.5 Å². The first-order chi connectivity index (χ1) is 8.08. The number of nitrogens with one attached hydrogen (secondary N) is 1. The molecule has 0 saturated heterocycles. The van der Waals surface area contributed by atoms with E-state index in [1.54, 1.807) is 13.1 Å². The molecule has 2 N–H and O–H groups in total. The number of aryl methyl sites for hydroxylation is 1. The summed E-state index contributed by atoms with van der Waals surface area (Å²) in [5.41, 5.74) is 1.17. The first-order valence-corrected chi connectivity index (χ1v) is 5.42. The van der Waals surface area contributed by atoms with Crippen molar-refractivity contribution < 1.29 is 9.90 Å². The van der Waals surface area contributed by atoms with Gasteiger partial charge in [0.25, 0.3) is 0 Å². The molecule has 4 nitrogen and oxygen atoms in total. The average Bonchev–Trinajstić information content (AvgIpc) is 2.28. The first kappa shape index (κ1) is 11.4. The van der Waals surface area contributed by atoms with Crippen molar-refractivity contribution in [1.29, 1.82) is 0 Å². The van der Waals surface area contributed by atoms with Gasteiger partial charge in [-0.05, 0) is 25.3 Å². The maximum Gasteiger partial charge on any atom is 0.325 e. The van der Waals surface area contributed by atoms with Gasteiger partial charge >= 0.3 is 5.97 Å². The summed E-state index contributed by atoms with van der Waals surface area (Å²) < 4.78 is 0. The summed E-state index contributed by atoms with van der Waals surface area (Å²) in [4.78, 5) is 15.0. The van der Waals surface area contributed by atoms with Crippen molar-refractivity contribution in [3.63, 3.8) is 0 Å². The number of anilines is 1. The van der Waals surface area contributed by atoms with Gasteiger partial charge in [-0.2, -0.15) is 0 Å². The van der Waals surface area contributed by atoms with Crippen molar-refractivity contribution in [2.75, 3.05) is 5.32 Å². The van der Waals surface area contributed by atoms with Crippen molar-refractivity contribution >= 4 is 22.6 Å². The molecule has 0 fully saturated rings. The van der Waals surface area contributed by atoms with Crippen LogP contribution in [0.3, 0.4) is 0 Å². The van der Waals surface area contributed by atoms with Crippen molar-refractivity contribution in [2.24, 2.45) is 0 Å². The van der Waals surface area contributed by atoms with E-state index in [0.717, 1.165) is 10.8 Å². The molecule has 0 aliphatic rings. The molecule has 1 aromatic heterocycles. The molecule has 1 heterocycles. The van der Waals surface area contributed by atoms with Gasteiger partial charge in [0.2, 0.25) is 0 Å². The number of nitrogens with zero attached hydrogens (tertiary/aromatic N) is 1. The van der Waals surface area contributed by atoms with Crippen LogP contribution in [0.15, 0.2) is 30.5 Å². The van der Waals surface area contributed by atoms with E-state index in [1.165, 1.54) is 5.56 Å². The van der Waals surface area contributed by atoms with Gasteiger partial charge < -0.3 is 10.4 Å². The van der Waals surface area contributed by atoms with Crippen molar-refractivity contribution in [3.8, 4) is 0 Å². The second-order valence-corrected chi connectivity index (χ2v) is 4.09. The van der Waals surface area contributed by atoms with E-state index < -0.39 is 12.0 Å². The van der Waals surface area contributed by atoms with E-state index in [4.69, 9.17) is 5.11 Å². The number of aliphatic carboxylic acids is 1. The molecule has 17 heavy (non-hydrogen) atoms. The van der Waals surface area contributed by atoms with Crippen LogP contribution in [-0.4, -0.2) is 22.1 Å².